The van der Waals surface area contributed by atoms with Gasteiger partial charge >= 0.3 is 0 Å². The van der Waals surface area contributed by atoms with Gasteiger partial charge in [0.05, 0.1) is 16.8 Å². The second-order valence-corrected chi connectivity index (χ2v) is 7.61. The van der Waals surface area contributed by atoms with Crippen LogP contribution in [0.25, 0.3) is 10.2 Å². The molecule has 0 atom stereocenters. The van der Waals surface area contributed by atoms with Crippen LogP contribution in [0.4, 0.5) is 0 Å². The van der Waals surface area contributed by atoms with E-state index in [1.165, 1.54) is 18.4 Å². The monoisotopic (exact) mass is 382 g/mol. The van der Waals surface area contributed by atoms with Gasteiger partial charge in [0, 0.05) is 12.1 Å². The third-order valence-electron chi connectivity index (χ3n) is 4.47. The van der Waals surface area contributed by atoms with Gasteiger partial charge in [0.15, 0.2) is 4.80 Å². The molecule has 0 saturated heterocycles. The molecule has 3 aromatic rings. The Bertz CT molecular complexity index is 984. The Morgan fingerprint density at radius 2 is 1.89 bits per heavy atom. The number of fused-ring (bicyclic) bond motifs is 1. The highest BCUT2D eigenvalue weighted by Gasteiger charge is 2.09. The highest BCUT2D eigenvalue weighted by atomic mass is 32.1. The third kappa shape index (κ3) is 4.66. The van der Waals surface area contributed by atoms with Gasteiger partial charge in [-0.2, -0.15) is 4.99 Å². The molecule has 0 fully saturated rings. The molecule has 5 heteroatoms. The van der Waals surface area contributed by atoms with Gasteiger partial charge in [-0.1, -0.05) is 37.2 Å². The molecule has 0 N–H and O–H groups in total. The number of rotatable bonds is 7. The van der Waals surface area contributed by atoms with Crippen LogP contribution in [0, 0.1) is 6.92 Å². The van der Waals surface area contributed by atoms with E-state index in [2.05, 4.69) is 48.5 Å². The normalized spacial score (nSPS) is 11.9. The lowest BCUT2D eigenvalue weighted by Crippen LogP contribution is -2.15. The van der Waals surface area contributed by atoms with Crippen molar-refractivity contribution in [1.82, 2.24) is 4.57 Å². The topological polar surface area (TPSA) is 43.6 Å². The summed E-state index contributed by atoms with van der Waals surface area (Å²) in [6.07, 6.45) is 3.39. The van der Waals surface area contributed by atoms with Gasteiger partial charge in [-0.25, -0.2) is 0 Å². The Balaban J connectivity index is 1.81. The summed E-state index contributed by atoms with van der Waals surface area (Å²) in [7, 11) is 0. The molecule has 3 rings (SSSR count). The van der Waals surface area contributed by atoms with Crippen LogP contribution in [0.5, 0.6) is 5.75 Å². The van der Waals surface area contributed by atoms with Gasteiger partial charge in [0.25, 0.3) is 5.91 Å². The molecule has 0 bridgehead atoms. The van der Waals surface area contributed by atoms with E-state index in [0.717, 1.165) is 33.7 Å². The van der Waals surface area contributed by atoms with Crippen molar-refractivity contribution in [1.29, 1.82) is 0 Å². The molecule has 0 saturated carbocycles. The van der Waals surface area contributed by atoms with Crippen molar-refractivity contribution < 1.29 is 9.53 Å². The first-order valence-corrected chi connectivity index (χ1v) is 10.4. The first-order chi connectivity index (χ1) is 13.1. The Labute approximate surface area is 164 Å². The van der Waals surface area contributed by atoms with Crippen LogP contribution >= 0.6 is 11.3 Å². The molecule has 0 aliphatic heterocycles. The highest BCUT2D eigenvalue weighted by Crippen LogP contribution is 2.19. The molecule has 0 spiro atoms. The number of aryl methyl sites for hydroxylation is 2. The summed E-state index contributed by atoms with van der Waals surface area (Å²) in [6, 6.07) is 13.6. The first-order valence-electron chi connectivity index (χ1n) is 9.54. The summed E-state index contributed by atoms with van der Waals surface area (Å²) in [6.45, 7) is 7.80. The molecule has 0 aliphatic rings. The van der Waals surface area contributed by atoms with Crippen LogP contribution in [0.15, 0.2) is 47.5 Å². The average molecular weight is 383 g/mol. The smallest absolute Gasteiger partial charge is 0.279 e. The maximum Gasteiger partial charge on any atom is 0.279 e. The van der Waals surface area contributed by atoms with Gasteiger partial charge in [0.2, 0.25) is 0 Å². The summed E-state index contributed by atoms with van der Waals surface area (Å²) in [4.78, 5) is 17.7. The highest BCUT2D eigenvalue weighted by molar-refractivity contribution is 7.16. The zero-order valence-electron chi connectivity index (χ0n) is 16.2. The molecular formula is C22H26N2O2S. The maximum absolute atomic E-state index is 12.6. The molecular weight excluding hydrogens is 356 g/mol. The Kier molecular flexibility index (Phi) is 6.45. The number of thiazole rings is 1. The first kappa shape index (κ1) is 19.4. The number of benzene rings is 2. The van der Waals surface area contributed by atoms with E-state index >= 15 is 0 Å². The lowest BCUT2D eigenvalue weighted by atomic mass is 10.2. The van der Waals surface area contributed by atoms with Crippen molar-refractivity contribution in [2.75, 3.05) is 6.61 Å². The summed E-state index contributed by atoms with van der Waals surface area (Å²) in [5.41, 5.74) is 2.90. The summed E-state index contributed by atoms with van der Waals surface area (Å²) in [5, 5.41) is 0. The van der Waals surface area contributed by atoms with Crippen molar-refractivity contribution in [3.63, 3.8) is 0 Å². The van der Waals surface area contributed by atoms with E-state index in [0.29, 0.717) is 12.2 Å². The van der Waals surface area contributed by atoms with Crippen LogP contribution in [-0.4, -0.2) is 17.1 Å². The minimum Gasteiger partial charge on any atom is -0.494 e. The van der Waals surface area contributed by atoms with Crippen molar-refractivity contribution in [2.45, 2.75) is 46.6 Å². The zero-order valence-corrected chi connectivity index (χ0v) is 17.0. The molecule has 142 valence electrons. The zero-order chi connectivity index (χ0) is 19.2. The van der Waals surface area contributed by atoms with Gasteiger partial charge < -0.3 is 9.30 Å². The lowest BCUT2D eigenvalue weighted by Gasteiger charge is -2.05. The molecule has 1 amide bonds. The van der Waals surface area contributed by atoms with Crippen molar-refractivity contribution in [3.05, 3.63) is 58.4 Å². The molecule has 0 radical (unpaired) electrons. The number of aromatic nitrogens is 1. The molecule has 1 aromatic heterocycles. The minimum absolute atomic E-state index is 0.224. The van der Waals surface area contributed by atoms with Crippen molar-refractivity contribution in [3.8, 4) is 5.75 Å². The number of ether oxygens (including phenoxy) is 1. The van der Waals surface area contributed by atoms with Crippen LogP contribution in [-0.2, 0) is 6.54 Å². The van der Waals surface area contributed by atoms with Crippen LogP contribution in [0.2, 0.25) is 0 Å². The Hall–Kier alpha value is -2.40. The summed E-state index contributed by atoms with van der Waals surface area (Å²) in [5.74, 6) is 0.571. The Morgan fingerprint density at radius 3 is 2.59 bits per heavy atom. The van der Waals surface area contributed by atoms with E-state index < -0.39 is 0 Å². The molecule has 1 heterocycles. The van der Waals surface area contributed by atoms with E-state index in [1.807, 2.05) is 12.1 Å². The predicted octanol–water partition coefficient (Wildman–Crippen LogP) is 5.34. The quantitative estimate of drug-likeness (QED) is 0.518. The van der Waals surface area contributed by atoms with Crippen LogP contribution in [0.3, 0.4) is 0 Å². The SMILES string of the molecule is CCCCCOc1ccc(C(=O)N=c2sc3cc(C)ccc3n2CC)cc1. The summed E-state index contributed by atoms with van der Waals surface area (Å²) < 4.78 is 8.94. The number of nitrogens with zero attached hydrogens (tertiary/aromatic N) is 2. The van der Waals surface area contributed by atoms with Crippen molar-refractivity contribution >= 4 is 27.5 Å². The maximum atomic E-state index is 12.6. The lowest BCUT2D eigenvalue weighted by molar-refractivity contribution is 0.0998. The largest absolute Gasteiger partial charge is 0.494 e. The van der Waals surface area contributed by atoms with Gasteiger partial charge in [0.1, 0.15) is 5.75 Å². The van der Waals surface area contributed by atoms with Gasteiger partial charge in [-0.05, 0) is 62.2 Å². The van der Waals surface area contributed by atoms with Crippen LogP contribution < -0.4 is 9.54 Å². The van der Waals surface area contributed by atoms with E-state index in [1.54, 1.807) is 23.5 Å². The molecule has 0 aliphatic carbocycles. The molecule has 4 nitrogen and oxygen atoms in total. The van der Waals surface area contributed by atoms with Crippen LogP contribution in [0.1, 0.15) is 49.0 Å². The number of hydrogen-bond acceptors (Lipinski definition) is 3. The fourth-order valence-electron chi connectivity index (χ4n) is 2.96. The number of hydrogen-bond donors (Lipinski definition) is 0. The fourth-order valence-corrected chi connectivity index (χ4v) is 4.15. The number of carbonyl (C=O) groups is 1. The average Bonchev–Trinajstić information content (AvgIpc) is 3.01. The predicted molar refractivity (Wildman–Crippen MR) is 112 cm³/mol. The molecule has 2 aromatic carbocycles. The number of unbranched alkanes of at least 4 members (excludes halogenated alkanes) is 2. The second-order valence-electron chi connectivity index (χ2n) is 6.60. The molecule has 0 unspecified atom stereocenters. The fraction of sp³-hybridized carbons (Fsp3) is 0.364. The van der Waals surface area contributed by atoms with Gasteiger partial charge in [-0.3, -0.25) is 4.79 Å². The number of carbonyl (C=O) groups excluding carboxylic acids is 1. The number of amides is 1. The van der Waals surface area contributed by atoms with Gasteiger partial charge in [-0.15, -0.1) is 0 Å². The minimum atomic E-state index is -0.224. The second kappa shape index (κ2) is 9.00. The standard InChI is InChI=1S/C22H26N2O2S/c1-4-6-7-14-26-18-11-9-17(10-12-18)21(25)23-22-24(5-2)19-13-8-16(3)15-20(19)27-22/h8-13,15H,4-7,14H2,1-3H3. The van der Waals surface area contributed by atoms with E-state index in [-0.39, 0.29) is 5.91 Å². The molecule has 27 heavy (non-hydrogen) atoms. The third-order valence-corrected chi connectivity index (χ3v) is 5.51. The van der Waals surface area contributed by atoms with Crippen molar-refractivity contribution in [2.24, 2.45) is 4.99 Å². The van der Waals surface area contributed by atoms with E-state index in [4.69, 9.17) is 4.74 Å². The summed E-state index contributed by atoms with van der Waals surface area (Å²) >= 11 is 1.56. The Morgan fingerprint density at radius 1 is 1.11 bits per heavy atom. The van der Waals surface area contributed by atoms with E-state index in [9.17, 15) is 4.79 Å².